The van der Waals surface area contributed by atoms with Crippen LogP contribution in [0.2, 0.25) is 0 Å². The van der Waals surface area contributed by atoms with Crippen LogP contribution < -0.4 is 10.6 Å². The Bertz CT molecular complexity index is 566. The highest BCUT2D eigenvalue weighted by atomic mass is 16.3. The third-order valence-electron chi connectivity index (χ3n) is 5.27. The Morgan fingerprint density at radius 3 is 2.62 bits per heavy atom. The lowest BCUT2D eigenvalue weighted by atomic mass is 9.71. The fourth-order valence-electron chi connectivity index (χ4n) is 3.75. The van der Waals surface area contributed by atoms with Gasteiger partial charge in [-0.3, -0.25) is 4.79 Å². The Balaban J connectivity index is 1.71. The van der Waals surface area contributed by atoms with E-state index in [-0.39, 0.29) is 24.0 Å². The van der Waals surface area contributed by atoms with Crippen LogP contribution in [0.5, 0.6) is 0 Å². The van der Waals surface area contributed by atoms with Crippen LogP contribution in [0.3, 0.4) is 0 Å². The number of aromatic nitrogens is 2. The Kier molecular flexibility index (Phi) is 5.46. The molecule has 6 heteroatoms. The zero-order valence-corrected chi connectivity index (χ0v) is 14.5. The SMILES string of the molecule is CC(C)c1nccc(C(=O)N[C@@H](C2CCNCC2)C2CC(O)C2)n1. The van der Waals surface area contributed by atoms with Gasteiger partial charge in [-0.05, 0) is 56.7 Å². The fraction of sp³-hybridized carbons (Fsp3) is 0.722. The molecule has 6 nitrogen and oxygen atoms in total. The molecule has 1 aromatic rings. The predicted octanol–water partition coefficient (Wildman–Crippen LogP) is 1.47. The average molecular weight is 332 g/mol. The van der Waals surface area contributed by atoms with Crippen molar-refractivity contribution < 1.29 is 9.90 Å². The van der Waals surface area contributed by atoms with Gasteiger partial charge in [0.15, 0.2) is 0 Å². The van der Waals surface area contributed by atoms with Gasteiger partial charge < -0.3 is 15.7 Å². The highest BCUT2D eigenvalue weighted by Gasteiger charge is 2.39. The van der Waals surface area contributed by atoms with Gasteiger partial charge in [-0.2, -0.15) is 0 Å². The number of piperidine rings is 1. The average Bonchev–Trinajstić information content (AvgIpc) is 2.58. The summed E-state index contributed by atoms with van der Waals surface area (Å²) in [5.74, 6) is 1.61. The van der Waals surface area contributed by atoms with Crippen molar-refractivity contribution >= 4 is 5.91 Å². The van der Waals surface area contributed by atoms with Crippen molar-refractivity contribution in [2.24, 2.45) is 11.8 Å². The van der Waals surface area contributed by atoms with Gasteiger partial charge in [0.1, 0.15) is 11.5 Å². The van der Waals surface area contributed by atoms with Crippen molar-refractivity contribution in [2.45, 2.75) is 57.6 Å². The van der Waals surface area contributed by atoms with Crippen LogP contribution in [0.25, 0.3) is 0 Å². The molecule has 0 spiro atoms. The summed E-state index contributed by atoms with van der Waals surface area (Å²) in [6.45, 7) is 6.03. The molecule has 0 radical (unpaired) electrons. The summed E-state index contributed by atoms with van der Waals surface area (Å²) in [5.41, 5.74) is 0.438. The summed E-state index contributed by atoms with van der Waals surface area (Å²) in [6.07, 6.45) is 5.16. The summed E-state index contributed by atoms with van der Waals surface area (Å²) in [7, 11) is 0. The van der Waals surface area contributed by atoms with E-state index < -0.39 is 0 Å². The molecule has 3 N–H and O–H groups in total. The minimum absolute atomic E-state index is 0.121. The van der Waals surface area contributed by atoms with Crippen LogP contribution in [0.15, 0.2) is 12.3 Å². The van der Waals surface area contributed by atoms with Crippen LogP contribution in [0.1, 0.15) is 61.8 Å². The van der Waals surface area contributed by atoms with Crippen molar-refractivity contribution in [1.29, 1.82) is 0 Å². The van der Waals surface area contributed by atoms with Crippen LogP contribution >= 0.6 is 0 Å². The zero-order chi connectivity index (χ0) is 17.1. The van der Waals surface area contributed by atoms with Crippen LogP contribution in [-0.2, 0) is 0 Å². The first-order valence-corrected chi connectivity index (χ1v) is 9.07. The number of nitrogens with zero attached hydrogens (tertiary/aromatic N) is 2. The quantitative estimate of drug-likeness (QED) is 0.760. The van der Waals surface area contributed by atoms with E-state index >= 15 is 0 Å². The zero-order valence-electron chi connectivity index (χ0n) is 14.5. The van der Waals surface area contributed by atoms with E-state index in [0.717, 1.165) is 38.8 Å². The molecule has 3 rings (SSSR count). The van der Waals surface area contributed by atoms with E-state index in [2.05, 4.69) is 20.6 Å². The molecular formula is C18H28N4O2. The summed E-state index contributed by atoms with van der Waals surface area (Å²) in [4.78, 5) is 21.4. The molecule has 1 saturated heterocycles. The number of amides is 1. The molecule has 2 heterocycles. The lowest BCUT2D eigenvalue weighted by Crippen LogP contribution is -2.53. The van der Waals surface area contributed by atoms with E-state index in [1.165, 1.54) is 0 Å². The molecule has 2 aliphatic rings. The van der Waals surface area contributed by atoms with Gasteiger partial charge in [0.25, 0.3) is 5.91 Å². The van der Waals surface area contributed by atoms with Gasteiger partial charge in [-0.25, -0.2) is 9.97 Å². The monoisotopic (exact) mass is 332 g/mol. The Hall–Kier alpha value is -1.53. The minimum Gasteiger partial charge on any atom is -0.393 e. The number of rotatable bonds is 5. The van der Waals surface area contributed by atoms with Crippen LogP contribution in [0.4, 0.5) is 0 Å². The van der Waals surface area contributed by atoms with E-state index in [1.54, 1.807) is 12.3 Å². The van der Waals surface area contributed by atoms with Crippen LogP contribution in [0, 0.1) is 11.8 Å². The van der Waals surface area contributed by atoms with Gasteiger partial charge >= 0.3 is 0 Å². The summed E-state index contributed by atoms with van der Waals surface area (Å²) >= 11 is 0. The maximum absolute atomic E-state index is 12.7. The Labute approximate surface area is 143 Å². The van der Waals surface area contributed by atoms with Gasteiger partial charge in [-0.15, -0.1) is 0 Å². The second-order valence-corrected chi connectivity index (χ2v) is 7.43. The third-order valence-corrected chi connectivity index (χ3v) is 5.27. The second kappa shape index (κ2) is 7.57. The largest absolute Gasteiger partial charge is 0.393 e. The number of hydrogen-bond acceptors (Lipinski definition) is 5. The summed E-state index contributed by atoms with van der Waals surface area (Å²) in [6, 6.07) is 1.80. The van der Waals surface area contributed by atoms with Crippen molar-refractivity contribution in [3.63, 3.8) is 0 Å². The molecule has 1 atom stereocenters. The van der Waals surface area contributed by atoms with E-state index in [1.807, 2.05) is 13.8 Å². The molecule has 1 aromatic heterocycles. The first kappa shape index (κ1) is 17.3. The van der Waals surface area contributed by atoms with E-state index in [4.69, 9.17) is 0 Å². The Morgan fingerprint density at radius 2 is 2.00 bits per heavy atom. The summed E-state index contributed by atoms with van der Waals surface area (Å²) < 4.78 is 0. The molecule has 1 aliphatic carbocycles. The lowest BCUT2D eigenvalue weighted by Gasteiger charge is -2.43. The maximum atomic E-state index is 12.7. The number of hydrogen-bond donors (Lipinski definition) is 3. The fourth-order valence-corrected chi connectivity index (χ4v) is 3.75. The Morgan fingerprint density at radius 1 is 1.29 bits per heavy atom. The first-order valence-electron chi connectivity index (χ1n) is 9.07. The molecule has 1 saturated carbocycles. The number of aliphatic hydroxyl groups excluding tert-OH is 1. The number of aliphatic hydroxyl groups is 1. The van der Waals surface area contributed by atoms with Gasteiger partial charge in [0.2, 0.25) is 0 Å². The maximum Gasteiger partial charge on any atom is 0.270 e. The van der Waals surface area contributed by atoms with Crippen LogP contribution in [-0.4, -0.2) is 46.2 Å². The first-order chi connectivity index (χ1) is 11.5. The molecule has 0 bridgehead atoms. The normalized spacial score (nSPS) is 26.0. The minimum atomic E-state index is -0.206. The van der Waals surface area contributed by atoms with Crippen molar-refractivity contribution in [3.8, 4) is 0 Å². The van der Waals surface area contributed by atoms with Crippen molar-refractivity contribution in [3.05, 3.63) is 23.8 Å². The smallest absolute Gasteiger partial charge is 0.270 e. The van der Waals surface area contributed by atoms with Crippen molar-refractivity contribution in [1.82, 2.24) is 20.6 Å². The highest BCUT2D eigenvalue weighted by Crippen LogP contribution is 2.35. The summed E-state index contributed by atoms with van der Waals surface area (Å²) in [5, 5.41) is 16.3. The highest BCUT2D eigenvalue weighted by molar-refractivity contribution is 5.92. The standard InChI is InChI=1S/C18H28N4O2/c1-11(2)17-20-8-5-15(21-17)18(24)22-16(13-9-14(23)10-13)12-3-6-19-7-4-12/h5,8,11-14,16,19,23H,3-4,6-7,9-10H2,1-2H3,(H,22,24)/t13?,14?,16-/m0/s1. The molecule has 0 aromatic carbocycles. The predicted molar refractivity (Wildman–Crippen MR) is 91.7 cm³/mol. The topological polar surface area (TPSA) is 87.1 Å². The molecular weight excluding hydrogens is 304 g/mol. The molecule has 1 aliphatic heterocycles. The van der Waals surface area contributed by atoms with Gasteiger partial charge in [0, 0.05) is 18.2 Å². The van der Waals surface area contributed by atoms with Crippen molar-refractivity contribution in [2.75, 3.05) is 13.1 Å². The lowest BCUT2D eigenvalue weighted by molar-refractivity contribution is 0.00912. The molecule has 2 fully saturated rings. The number of nitrogens with one attached hydrogen (secondary N) is 2. The molecule has 1 amide bonds. The van der Waals surface area contributed by atoms with E-state index in [0.29, 0.717) is 23.4 Å². The third kappa shape index (κ3) is 3.92. The molecule has 24 heavy (non-hydrogen) atoms. The molecule has 0 unspecified atom stereocenters. The molecule has 132 valence electrons. The second-order valence-electron chi connectivity index (χ2n) is 7.43. The van der Waals surface area contributed by atoms with Gasteiger partial charge in [0.05, 0.1) is 6.10 Å². The number of carbonyl (C=O) groups is 1. The van der Waals surface area contributed by atoms with E-state index in [9.17, 15) is 9.90 Å². The number of carbonyl (C=O) groups excluding carboxylic acids is 1. The van der Waals surface area contributed by atoms with Gasteiger partial charge in [-0.1, -0.05) is 13.8 Å².